The van der Waals surface area contributed by atoms with E-state index in [1.807, 2.05) is 54.7 Å². The highest BCUT2D eigenvalue weighted by atomic mass is 16.6. The Morgan fingerprint density at radius 2 is 1.86 bits per heavy atom. The summed E-state index contributed by atoms with van der Waals surface area (Å²) in [5.41, 5.74) is 2.71. The second kappa shape index (κ2) is 5.89. The molecule has 0 aliphatic rings. The Morgan fingerprint density at radius 1 is 1.14 bits per heavy atom. The van der Waals surface area contributed by atoms with Crippen LogP contribution in [0.1, 0.15) is 17.0 Å². The van der Waals surface area contributed by atoms with E-state index >= 15 is 0 Å². The van der Waals surface area contributed by atoms with Gasteiger partial charge >= 0.3 is 0 Å². The van der Waals surface area contributed by atoms with Crippen molar-refractivity contribution in [1.82, 2.24) is 4.98 Å². The van der Waals surface area contributed by atoms with E-state index in [0.29, 0.717) is 5.75 Å². The molecule has 3 rings (SSSR count). The van der Waals surface area contributed by atoms with E-state index in [2.05, 4.69) is 4.98 Å². The number of nitrogens with one attached hydrogen (secondary N) is 1. The molecule has 1 heterocycles. The molecule has 0 aliphatic heterocycles. The van der Waals surface area contributed by atoms with Gasteiger partial charge in [0.25, 0.3) is 0 Å². The molecule has 5 nitrogen and oxygen atoms in total. The Kier molecular flexibility index (Phi) is 3.78. The first-order valence-electron chi connectivity index (χ1n) is 7.01. The number of hydrogen-bond acceptors (Lipinski definition) is 3. The van der Waals surface area contributed by atoms with Crippen molar-refractivity contribution in [2.24, 2.45) is 0 Å². The molecule has 0 bridgehead atoms. The Labute approximate surface area is 127 Å². The van der Waals surface area contributed by atoms with E-state index < -0.39 is 0 Å². The summed E-state index contributed by atoms with van der Waals surface area (Å²) in [6, 6.07) is 15.3. The Morgan fingerprint density at radius 3 is 2.64 bits per heavy atom. The molecule has 2 aromatic carbocycles. The van der Waals surface area contributed by atoms with Gasteiger partial charge in [-0.3, -0.25) is 10.1 Å². The molecule has 1 atom stereocenters. The number of aromatic amines is 1. The van der Waals surface area contributed by atoms with Crippen LogP contribution in [0.25, 0.3) is 10.9 Å². The molecule has 0 fully saturated rings. The van der Waals surface area contributed by atoms with Gasteiger partial charge in [0, 0.05) is 27.6 Å². The fourth-order valence-electron chi connectivity index (χ4n) is 2.85. The van der Waals surface area contributed by atoms with Crippen LogP contribution < -0.4 is 4.74 Å². The van der Waals surface area contributed by atoms with Crippen LogP contribution in [0, 0.1) is 10.1 Å². The number of nitro groups is 1. The molecule has 0 aliphatic carbocycles. The molecule has 0 spiro atoms. The highest BCUT2D eigenvalue weighted by Gasteiger charge is 2.25. The molecule has 0 radical (unpaired) electrons. The topological polar surface area (TPSA) is 68.2 Å². The van der Waals surface area contributed by atoms with E-state index in [0.717, 1.165) is 22.0 Å². The lowest BCUT2D eigenvalue weighted by Crippen LogP contribution is -2.14. The molecule has 0 saturated carbocycles. The van der Waals surface area contributed by atoms with Crippen LogP contribution in [0.15, 0.2) is 54.7 Å². The molecule has 22 heavy (non-hydrogen) atoms. The van der Waals surface area contributed by atoms with Crippen LogP contribution in [0.4, 0.5) is 0 Å². The molecule has 1 N–H and O–H groups in total. The summed E-state index contributed by atoms with van der Waals surface area (Å²) in [5.74, 6) is 0.307. The highest BCUT2D eigenvalue weighted by molar-refractivity contribution is 5.84. The lowest BCUT2D eigenvalue weighted by Gasteiger charge is -2.16. The molecule has 0 saturated heterocycles. The normalized spacial score (nSPS) is 12.2. The largest absolute Gasteiger partial charge is 0.496 e. The summed E-state index contributed by atoms with van der Waals surface area (Å²) in [6.07, 6.45) is 1.85. The van der Waals surface area contributed by atoms with Gasteiger partial charge in [0.15, 0.2) is 0 Å². The first kappa shape index (κ1) is 14.1. The zero-order valence-electron chi connectivity index (χ0n) is 12.2. The van der Waals surface area contributed by atoms with Crippen molar-refractivity contribution in [3.63, 3.8) is 0 Å². The zero-order chi connectivity index (χ0) is 15.5. The minimum absolute atomic E-state index is 0.178. The number of nitrogens with zero attached hydrogens (tertiary/aromatic N) is 1. The summed E-state index contributed by atoms with van der Waals surface area (Å²) in [4.78, 5) is 14.1. The SMILES string of the molecule is COc1ccccc1[C@H](C[N+](=O)[O-])c1c[nH]c2ccccc12. The monoisotopic (exact) mass is 296 g/mol. The van der Waals surface area contributed by atoms with Gasteiger partial charge in [-0.05, 0) is 17.7 Å². The fraction of sp³-hybridized carbons (Fsp3) is 0.176. The van der Waals surface area contributed by atoms with Crippen molar-refractivity contribution in [2.75, 3.05) is 13.7 Å². The number of methoxy groups -OCH3 is 1. The third-order valence-electron chi connectivity index (χ3n) is 3.84. The maximum Gasteiger partial charge on any atom is 0.214 e. The van der Waals surface area contributed by atoms with Crippen LogP contribution in [0.5, 0.6) is 5.75 Å². The number of hydrogen-bond donors (Lipinski definition) is 1. The van der Waals surface area contributed by atoms with Crippen LogP contribution in [0.2, 0.25) is 0 Å². The minimum atomic E-state index is -0.359. The Bertz CT molecular complexity index is 810. The third kappa shape index (κ3) is 2.53. The summed E-state index contributed by atoms with van der Waals surface area (Å²) >= 11 is 0. The van der Waals surface area contributed by atoms with E-state index in [1.165, 1.54) is 0 Å². The molecule has 0 amide bonds. The summed E-state index contributed by atoms with van der Waals surface area (Å²) in [5, 5.41) is 12.2. The number of H-pyrrole nitrogens is 1. The lowest BCUT2D eigenvalue weighted by atomic mass is 9.90. The number of rotatable bonds is 5. The standard InChI is InChI=1S/C17H16N2O3/c1-22-17-9-5-3-7-13(17)15(11-19(20)21)14-10-18-16-8-4-2-6-12(14)16/h2-10,15,18H,11H2,1H3/t15-/m0/s1. The first-order valence-corrected chi connectivity index (χ1v) is 7.01. The van der Waals surface area contributed by atoms with Gasteiger partial charge in [-0.25, -0.2) is 0 Å². The predicted octanol–water partition coefficient (Wildman–Crippen LogP) is 3.59. The van der Waals surface area contributed by atoms with Gasteiger partial charge in [0.1, 0.15) is 5.75 Å². The molecule has 5 heteroatoms. The maximum atomic E-state index is 11.2. The van der Waals surface area contributed by atoms with Crippen molar-refractivity contribution in [3.05, 3.63) is 76.0 Å². The Hall–Kier alpha value is -2.82. The van der Waals surface area contributed by atoms with Gasteiger partial charge in [-0.15, -0.1) is 0 Å². The number of para-hydroxylation sites is 2. The number of aromatic nitrogens is 1. The minimum Gasteiger partial charge on any atom is -0.496 e. The van der Waals surface area contributed by atoms with Crippen molar-refractivity contribution < 1.29 is 9.66 Å². The fourth-order valence-corrected chi connectivity index (χ4v) is 2.85. The van der Waals surface area contributed by atoms with Crippen molar-refractivity contribution in [1.29, 1.82) is 0 Å². The zero-order valence-corrected chi connectivity index (χ0v) is 12.2. The van der Waals surface area contributed by atoms with Gasteiger partial charge in [0.2, 0.25) is 6.54 Å². The molecular formula is C17H16N2O3. The van der Waals surface area contributed by atoms with Gasteiger partial charge in [0.05, 0.1) is 13.0 Å². The summed E-state index contributed by atoms with van der Waals surface area (Å²) in [6.45, 7) is -0.178. The van der Waals surface area contributed by atoms with E-state index in [-0.39, 0.29) is 17.4 Å². The number of benzene rings is 2. The summed E-state index contributed by atoms with van der Waals surface area (Å²) in [7, 11) is 1.58. The maximum absolute atomic E-state index is 11.2. The average molecular weight is 296 g/mol. The second-order valence-corrected chi connectivity index (χ2v) is 5.10. The Balaban J connectivity index is 2.16. The number of ether oxygens (including phenoxy) is 1. The van der Waals surface area contributed by atoms with Crippen LogP contribution in [0.3, 0.4) is 0 Å². The van der Waals surface area contributed by atoms with Crippen LogP contribution in [-0.2, 0) is 0 Å². The van der Waals surface area contributed by atoms with E-state index in [4.69, 9.17) is 4.74 Å². The third-order valence-corrected chi connectivity index (χ3v) is 3.84. The van der Waals surface area contributed by atoms with Crippen molar-refractivity contribution >= 4 is 10.9 Å². The second-order valence-electron chi connectivity index (χ2n) is 5.10. The van der Waals surface area contributed by atoms with Gasteiger partial charge < -0.3 is 9.72 Å². The van der Waals surface area contributed by atoms with E-state index in [9.17, 15) is 10.1 Å². The quantitative estimate of drug-likeness (QED) is 0.578. The van der Waals surface area contributed by atoms with Crippen molar-refractivity contribution in [3.8, 4) is 5.75 Å². The van der Waals surface area contributed by atoms with Crippen LogP contribution >= 0.6 is 0 Å². The number of fused-ring (bicyclic) bond motifs is 1. The molecule has 1 aromatic heterocycles. The predicted molar refractivity (Wildman–Crippen MR) is 85.0 cm³/mol. The summed E-state index contributed by atoms with van der Waals surface area (Å²) < 4.78 is 5.39. The molecular weight excluding hydrogens is 280 g/mol. The van der Waals surface area contributed by atoms with E-state index in [1.54, 1.807) is 7.11 Å². The molecule has 3 aromatic rings. The highest BCUT2D eigenvalue weighted by Crippen LogP contribution is 2.35. The van der Waals surface area contributed by atoms with Gasteiger partial charge in [-0.2, -0.15) is 0 Å². The van der Waals surface area contributed by atoms with Crippen molar-refractivity contribution in [2.45, 2.75) is 5.92 Å². The van der Waals surface area contributed by atoms with Gasteiger partial charge in [-0.1, -0.05) is 36.4 Å². The molecule has 0 unspecified atom stereocenters. The average Bonchev–Trinajstić information content (AvgIpc) is 2.96. The van der Waals surface area contributed by atoms with Crippen LogP contribution in [-0.4, -0.2) is 23.6 Å². The lowest BCUT2D eigenvalue weighted by molar-refractivity contribution is -0.481. The molecule has 112 valence electrons. The smallest absolute Gasteiger partial charge is 0.214 e. The first-order chi connectivity index (χ1) is 10.7.